The molecule has 0 aliphatic carbocycles. The maximum absolute atomic E-state index is 14.8. The third kappa shape index (κ3) is 4.61. The summed E-state index contributed by atoms with van der Waals surface area (Å²) in [6.45, 7) is 4.29. The summed E-state index contributed by atoms with van der Waals surface area (Å²) in [6.07, 6.45) is 10.7. The van der Waals surface area contributed by atoms with Gasteiger partial charge in [-0.2, -0.15) is 0 Å². The first-order valence-electron chi connectivity index (χ1n) is 14.4. The number of amides is 2. The molecule has 1 unspecified atom stereocenters. The number of ether oxygens (including phenoxy) is 1. The van der Waals surface area contributed by atoms with E-state index in [1.54, 1.807) is 9.80 Å². The number of hydrogen-bond donors (Lipinski definition) is 1. The molecule has 1 N–H and O–H groups in total. The summed E-state index contributed by atoms with van der Waals surface area (Å²) >= 11 is 1.53. The molecule has 7 nitrogen and oxygen atoms in total. The smallest absolute Gasteiger partial charge is 0.311 e. The lowest BCUT2D eigenvalue weighted by Crippen LogP contribution is -2.54. The summed E-state index contributed by atoms with van der Waals surface area (Å²) in [7, 11) is 0. The van der Waals surface area contributed by atoms with E-state index in [1.807, 2.05) is 80.6 Å². The third-order valence-electron chi connectivity index (χ3n) is 8.89. The summed E-state index contributed by atoms with van der Waals surface area (Å²) in [5, 5.41) is 10.4. The number of cyclic esters (lactones) is 1. The van der Waals surface area contributed by atoms with Crippen LogP contribution in [0.25, 0.3) is 0 Å². The summed E-state index contributed by atoms with van der Waals surface area (Å²) in [6, 6.07) is 13.7. The molecule has 4 aliphatic rings. The minimum Gasteiger partial charge on any atom is -0.465 e. The second-order valence-corrected chi connectivity index (χ2v) is 12.9. The van der Waals surface area contributed by atoms with Crippen LogP contribution in [-0.4, -0.2) is 63.6 Å². The van der Waals surface area contributed by atoms with Crippen LogP contribution in [0.5, 0.6) is 0 Å². The summed E-state index contributed by atoms with van der Waals surface area (Å²) in [5.74, 6) is -2.41. The number of fused-ring (bicyclic) bond motifs is 2. The normalized spacial score (nSPS) is 31.1. The number of likely N-dealkylation sites (tertiary alicyclic amines) is 1. The Morgan fingerprint density at radius 2 is 1.85 bits per heavy atom. The fourth-order valence-corrected chi connectivity index (χ4v) is 8.94. The standard InChI is InChI=1S/C33H36N2O5S/c1-21-14-15-22(2)24(19-21)34-17-10-16-33-28(27-26(41-33)13-8-3-4-9-18-40-32(27)39)30(37)35(29(33)31(34)38)25(20-36)23-11-6-5-7-12-23/h5-8,10-16,19,25-29,36H,3-4,9,17-18,20H2,1-2H3/b13-8-/t25-,26-,27+,28+,29?,33+/m1/s1. The predicted molar refractivity (Wildman–Crippen MR) is 159 cm³/mol. The van der Waals surface area contributed by atoms with Crippen LogP contribution in [0.1, 0.15) is 42.0 Å². The molecular formula is C33H36N2O5S. The number of esters is 1. The zero-order valence-electron chi connectivity index (χ0n) is 23.4. The van der Waals surface area contributed by atoms with Gasteiger partial charge in [-0.25, -0.2) is 0 Å². The molecule has 2 saturated heterocycles. The number of nitrogens with zero attached hydrogens (tertiary/aromatic N) is 2. The molecule has 8 heteroatoms. The number of carbonyl (C=O) groups excluding carboxylic acids is 3. The molecule has 214 valence electrons. The fourth-order valence-electron chi connectivity index (χ4n) is 6.95. The average molecular weight is 573 g/mol. The molecule has 0 aromatic heterocycles. The number of hydrogen-bond acceptors (Lipinski definition) is 6. The van der Waals surface area contributed by atoms with Gasteiger partial charge in [0.15, 0.2) is 0 Å². The molecule has 2 aromatic carbocycles. The molecule has 6 atom stereocenters. The van der Waals surface area contributed by atoms with E-state index in [9.17, 15) is 19.5 Å². The van der Waals surface area contributed by atoms with E-state index in [0.29, 0.717) is 13.2 Å². The molecule has 4 aliphatic heterocycles. The minimum absolute atomic E-state index is 0.206. The van der Waals surface area contributed by atoms with E-state index < -0.39 is 28.7 Å². The molecule has 2 fully saturated rings. The number of anilines is 1. The van der Waals surface area contributed by atoms with Gasteiger partial charge < -0.3 is 19.6 Å². The Labute approximate surface area is 245 Å². The highest BCUT2D eigenvalue weighted by atomic mass is 32.2. The van der Waals surface area contributed by atoms with Crippen molar-refractivity contribution in [2.24, 2.45) is 11.8 Å². The van der Waals surface area contributed by atoms with Crippen molar-refractivity contribution in [2.45, 2.75) is 55.2 Å². The van der Waals surface area contributed by atoms with Crippen molar-refractivity contribution in [3.05, 3.63) is 89.5 Å². The van der Waals surface area contributed by atoms with Gasteiger partial charge in [0.1, 0.15) is 6.04 Å². The second-order valence-electron chi connectivity index (χ2n) is 11.4. The molecule has 0 saturated carbocycles. The molecular weight excluding hydrogens is 536 g/mol. The van der Waals surface area contributed by atoms with E-state index >= 15 is 0 Å². The average Bonchev–Trinajstić information content (AvgIpc) is 3.36. The van der Waals surface area contributed by atoms with Crippen molar-refractivity contribution in [1.29, 1.82) is 0 Å². The molecule has 4 heterocycles. The van der Waals surface area contributed by atoms with Crippen LogP contribution in [0.3, 0.4) is 0 Å². The molecule has 2 amide bonds. The van der Waals surface area contributed by atoms with Gasteiger partial charge in [0.25, 0.3) is 5.91 Å². The highest BCUT2D eigenvalue weighted by Gasteiger charge is 2.71. The van der Waals surface area contributed by atoms with Crippen molar-refractivity contribution in [1.82, 2.24) is 4.90 Å². The van der Waals surface area contributed by atoms with Crippen LogP contribution in [0.15, 0.2) is 72.8 Å². The molecule has 41 heavy (non-hydrogen) atoms. The first kappa shape index (κ1) is 27.8. The number of aryl methyl sites for hydroxylation is 2. The lowest BCUT2D eigenvalue weighted by Gasteiger charge is -2.39. The first-order chi connectivity index (χ1) is 19.9. The van der Waals surface area contributed by atoms with Gasteiger partial charge in [-0.1, -0.05) is 66.8 Å². The number of allylic oxidation sites excluding steroid dienone is 1. The Bertz CT molecular complexity index is 1410. The third-order valence-corrected chi connectivity index (χ3v) is 10.6. The largest absolute Gasteiger partial charge is 0.465 e. The number of aliphatic hydroxyl groups excluding tert-OH is 1. The summed E-state index contributed by atoms with van der Waals surface area (Å²) in [4.78, 5) is 46.4. The van der Waals surface area contributed by atoms with Gasteiger partial charge in [-0.05, 0) is 55.9 Å². The van der Waals surface area contributed by atoms with E-state index in [1.165, 1.54) is 11.8 Å². The quantitative estimate of drug-likeness (QED) is 0.428. The van der Waals surface area contributed by atoms with Crippen molar-refractivity contribution < 1.29 is 24.2 Å². The van der Waals surface area contributed by atoms with Crippen molar-refractivity contribution >= 4 is 35.2 Å². The first-order valence-corrected chi connectivity index (χ1v) is 15.3. The monoisotopic (exact) mass is 572 g/mol. The van der Waals surface area contributed by atoms with Gasteiger partial charge in [0.05, 0.1) is 35.8 Å². The lowest BCUT2D eigenvalue weighted by atomic mass is 9.78. The van der Waals surface area contributed by atoms with Crippen molar-refractivity contribution in [2.75, 3.05) is 24.7 Å². The van der Waals surface area contributed by atoms with E-state index in [4.69, 9.17) is 4.74 Å². The Morgan fingerprint density at radius 3 is 2.63 bits per heavy atom. The highest BCUT2D eigenvalue weighted by Crippen LogP contribution is 2.62. The Hall–Kier alpha value is -3.36. The summed E-state index contributed by atoms with van der Waals surface area (Å²) < 4.78 is 4.73. The minimum atomic E-state index is -0.990. The van der Waals surface area contributed by atoms with E-state index in [0.717, 1.165) is 41.6 Å². The van der Waals surface area contributed by atoms with Crippen molar-refractivity contribution in [3.63, 3.8) is 0 Å². The Kier molecular flexibility index (Phi) is 7.55. The zero-order chi connectivity index (χ0) is 28.7. The highest BCUT2D eigenvalue weighted by molar-refractivity contribution is 8.02. The van der Waals surface area contributed by atoms with Gasteiger partial charge in [-0.15, -0.1) is 11.8 Å². The predicted octanol–water partition coefficient (Wildman–Crippen LogP) is 4.52. The number of aliphatic hydroxyl groups is 1. The maximum atomic E-state index is 14.8. The topological polar surface area (TPSA) is 87.2 Å². The van der Waals surface area contributed by atoms with Crippen LogP contribution < -0.4 is 4.90 Å². The number of rotatable bonds is 4. The number of thioether (sulfide) groups is 1. The second kappa shape index (κ2) is 11.1. The van der Waals surface area contributed by atoms with Crippen molar-refractivity contribution in [3.8, 4) is 0 Å². The molecule has 1 spiro atoms. The van der Waals surface area contributed by atoms with Gasteiger partial charge >= 0.3 is 5.97 Å². The number of benzene rings is 2. The molecule has 0 radical (unpaired) electrons. The lowest BCUT2D eigenvalue weighted by molar-refractivity contribution is -0.153. The Morgan fingerprint density at radius 1 is 1.05 bits per heavy atom. The van der Waals surface area contributed by atoms with Crippen LogP contribution in [-0.2, 0) is 19.1 Å². The maximum Gasteiger partial charge on any atom is 0.311 e. The molecule has 2 aromatic rings. The molecule has 0 bridgehead atoms. The van der Waals surface area contributed by atoms with Crippen LogP contribution >= 0.6 is 11.8 Å². The number of carbonyl (C=O) groups is 3. The fraction of sp³-hybridized carbons (Fsp3) is 0.424. The van der Waals surface area contributed by atoms with Gasteiger partial charge in [-0.3, -0.25) is 14.4 Å². The van der Waals surface area contributed by atoms with Gasteiger partial charge in [0, 0.05) is 17.5 Å². The van der Waals surface area contributed by atoms with E-state index in [-0.39, 0.29) is 29.6 Å². The van der Waals surface area contributed by atoms with Crippen LogP contribution in [0, 0.1) is 25.7 Å². The zero-order valence-corrected chi connectivity index (χ0v) is 24.3. The molecule has 6 rings (SSSR count). The van der Waals surface area contributed by atoms with Crippen LogP contribution in [0.2, 0.25) is 0 Å². The van der Waals surface area contributed by atoms with Gasteiger partial charge in [0.2, 0.25) is 5.91 Å². The SMILES string of the molecule is Cc1ccc(C)c(N2CC=C[C@]34S[C@@H]5/C=C\CCCCOC(=O)[C@@H]5[C@H]3C(=O)N([C@H](CO)c3ccccc3)C4C2=O)c1. The van der Waals surface area contributed by atoms with E-state index in [2.05, 4.69) is 6.08 Å². The Balaban J connectivity index is 1.52. The van der Waals surface area contributed by atoms with Crippen LogP contribution in [0.4, 0.5) is 5.69 Å². The summed E-state index contributed by atoms with van der Waals surface area (Å²) in [5.41, 5.74) is 3.54.